The number of benzene rings is 1. The second-order valence-electron chi connectivity index (χ2n) is 5.36. The van der Waals surface area contributed by atoms with Gasteiger partial charge in [0.25, 0.3) is 0 Å². The quantitative estimate of drug-likeness (QED) is 0.854. The summed E-state index contributed by atoms with van der Waals surface area (Å²) in [5.74, 6) is 0.125. The maximum atomic E-state index is 12.2. The maximum Gasteiger partial charge on any atom is 0.240 e. The van der Waals surface area contributed by atoms with E-state index >= 15 is 0 Å². The molecule has 0 aromatic heterocycles. The lowest BCUT2D eigenvalue weighted by Crippen LogP contribution is -2.39. The second kappa shape index (κ2) is 6.49. The third kappa shape index (κ3) is 3.77. The molecular weight excluding hydrogens is 255 g/mol. The molecule has 1 N–H and O–H groups in total. The highest BCUT2D eigenvalue weighted by atomic mass is 31.0. The van der Waals surface area contributed by atoms with Crippen molar-refractivity contribution in [2.75, 3.05) is 18.5 Å². The number of amides is 1. The van der Waals surface area contributed by atoms with Crippen LogP contribution in [0.4, 0.5) is 5.69 Å². The summed E-state index contributed by atoms with van der Waals surface area (Å²) in [5, 5.41) is 4.50. The lowest BCUT2D eigenvalue weighted by molar-refractivity contribution is -0.117. The molecule has 1 aromatic rings. The van der Waals surface area contributed by atoms with Gasteiger partial charge in [-0.25, -0.2) is 0 Å². The van der Waals surface area contributed by atoms with E-state index in [-0.39, 0.29) is 5.91 Å². The first kappa shape index (κ1) is 14.5. The summed E-state index contributed by atoms with van der Waals surface area (Å²) >= 11 is 0. The number of nitrogens with zero attached hydrogens (tertiary/aromatic N) is 1. The highest BCUT2D eigenvalue weighted by molar-refractivity contribution is 7.27. The monoisotopic (exact) mass is 278 g/mol. The van der Waals surface area contributed by atoms with Crippen molar-refractivity contribution in [3.8, 4) is 0 Å². The van der Waals surface area contributed by atoms with Crippen molar-refractivity contribution in [3.05, 3.63) is 23.8 Å². The highest BCUT2D eigenvalue weighted by Gasteiger charge is 2.17. The van der Waals surface area contributed by atoms with Crippen molar-refractivity contribution in [3.63, 3.8) is 0 Å². The topological polar surface area (TPSA) is 32.3 Å². The lowest BCUT2D eigenvalue weighted by Gasteiger charge is -2.20. The molecule has 1 fully saturated rings. The molecule has 1 aromatic carbocycles. The molecule has 0 saturated heterocycles. The molecule has 1 aliphatic rings. The number of carbonyl (C=O) groups is 1. The number of aryl methyl sites for hydroxylation is 1. The fourth-order valence-corrected chi connectivity index (χ4v) is 2.73. The molecule has 19 heavy (non-hydrogen) atoms. The molecule has 1 atom stereocenters. The highest BCUT2D eigenvalue weighted by Crippen LogP contribution is 2.18. The minimum absolute atomic E-state index is 0.125. The van der Waals surface area contributed by atoms with Gasteiger partial charge in [-0.15, -0.1) is 9.24 Å². The van der Waals surface area contributed by atoms with Crippen LogP contribution >= 0.6 is 9.24 Å². The first-order valence-electron chi connectivity index (χ1n) is 6.94. The molecule has 4 heteroatoms. The van der Waals surface area contributed by atoms with Gasteiger partial charge in [0.05, 0.1) is 6.54 Å². The Morgan fingerprint density at radius 2 is 2.11 bits per heavy atom. The normalized spacial score (nSPS) is 15.7. The van der Waals surface area contributed by atoms with Gasteiger partial charge < -0.3 is 10.2 Å². The largest absolute Gasteiger partial charge is 0.314 e. The molecule has 0 heterocycles. The number of carbonyl (C=O) groups excluding carboxylic acids is 1. The Morgan fingerprint density at radius 3 is 2.74 bits per heavy atom. The molecule has 0 aliphatic heterocycles. The van der Waals surface area contributed by atoms with Crippen molar-refractivity contribution in [2.45, 2.75) is 38.6 Å². The second-order valence-corrected chi connectivity index (χ2v) is 5.98. The average molecular weight is 278 g/mol. The van der Waals surface area contributed by atoms with Crippen LogP contribution in [-0.4, -0.2) is 25.5 Å². The predicted molar refractivity (Wildman–Crippen MR) is 84.2 cm³/mol. The SMILES string of the molecule is Cc1ccc(N(C)C(=O)CNC2CCCC2)cc1P. The zero-order chi connectivity index (χ0) is 13.8. The van der Waals surface area contributed by atoms with Crippen molar-refractivity contribution in [1.29, 1.82) is 0 Å². The van der Waals surface area contributed by atoms with Crippen LogP contribution in [0.25, 0.3) is 0 Å². The van der Waals surface area contributed by atoms with Crippen LogP contribution in [0.3, 0.4) is 0 Å². The third-order valence-corrected chi connectivity index (χ3v) is 4.54. The molecule has 2 rings (SSSR count). The third-order valence-electron chi connectivity index (χ3n) is 3.92. The number of likely N-dealkylation sites (N-methyl/N-ethyl adjacent to an activating group) is 1. The summed E-state index contributed by atoms with van der Waals surface area (Å²) in [6.45, 7) is 2.50. The molecule has 0 radical (unpaired) electrons. The Bertz CT molecular complexity index is 455. The van der Waals surface area contributed by atoms with Crippen LogP contribution in [0, 0.1) is 6.92 Å². The Labute approximate surface area is 118 Å². The van der Waals surface area contributed by atoms with E-state index in [1.807, 2.05) is 25.2 Å². The lowest BCUT2D eigenvalue weighted by atomic mass is 10.2. The van der Waals surface area contributed by atoms with Gasteiger partial charge in [-0.2, -0.15) is 0 Å². The van der Waals surface area contributed by atoms with Crippen LogP contribution < -0.4 is 15.5 Å². The van der Waals surface area contributed by atoms with Crippen LogP contribution in [0.1, 0.15) is 31.2 Å². The Hall–Kier alpha value is -0.920. The molecule has 1 unspecified atom stereocenters. The summed E-state index contributed by atoms with van der Waals surface area (Å²) in [6.07, 6.45) is 4.99. The fourth-order valence-electron chi connectivity index (χ4n) is 2.46. The van der Waals surface area contributed by atoms with E-state index < -0.39 is 0 Å². The van der Waals surface area contributed by atoms with E-state index in [2.05, 4.69) is 21.5 Å². The van der Waals surface area contributed by atoms with Gasteiger partial charge in [0.15, 0.2) is 0 Å². The zero-order valence-corrected chi connectivity index (χ0v) is 12.9. The molecule has 1 amide bonds. The van der Waals surface area contributed by atoms with Gasteiger partial charge in [-0.3, -0.25) is 4.79 Å². The molecule has 1 aliphatic carbocycles. The van der Waals surface area contributed by atoms with Gasteiger partial charge in [0.1, 0.15) is 0 Å². The minimum atomic E-state index is 0.125. The van der Waals surface area contributed by atoms with Crippen LogP contribution in [0.15, 0.2) is 18.2 Å². The van der Waals surface area contributed by atoms with E-state index in [1.54, 1.807) is 4.90 Å². The van der Waals surface area contributed by atoms with Crippen LogP contribution in [0.5, 0.6) is 0 Å². The summed E-state index contributed by atoms with van der Waals surface area (Å²) in [7, 11) is 4.55. The van der Waals surface area contributed by atoms with E-state index in [0.717, 1.165) is 11.0 Å². The summed E-state index contributed by atoms with van der Waals surface area (Å²) in [6, 6.07) is 6.61. The van der Waals surface area contributed by atoms with E-state index in [4.69, 9.17) is 0 Å². The van der Waals surface area contributed by atoms with E-state index in [9.17, 15) is 4.79 Å². The molecule has 1 saturated carbocycles. The van der Waals surface area contributed by atoms with Crippen molar-refractivity contribution < 1.29 is 4.79 Å². The molecule has 0 bridgehead atoms. The van der Waals surface area contributed by atoms with E-state index in [0.29, 0.717) is 12.6 Å². The first-order valence-corrected chi connectivity index (χ1v) is 7.51. The number of rotatable bonds is 4. The molecule has 104 valence electrons. The van der Waals surface area contributed by atoms with Crippen molar-refractivity contribution in [1.82, 2.24) is 5.32 Å². The summed E-state index contributed by atoms with van der Waals surface area (Å²) < 4.78 is 0. The molecular formula is C15H23N2OP. The molecule has 0 spiro atoms. The van der Waals surface area contributed by atoms with E-state index in [1.165, 1.54) is 31.2 Å². The number of anilines is 1. The van der Waals surface area contributed by atoms with Gasteiger partial charge in [0.2, 0.25) is 5.91 Å². The van der Waals surface area contributed by atoms with Gasteiger partial charge in [-0.05, 0) is 42.8 Å². The van der Waals surface area contributed by atoms with Crippen LogP contribution in [0.2, 0.25) is 0 Å². The van der Waals surface area contributed by atoms with Crippen LogP contribution in [-0.2, 0) is 4.79 Å². The minimum Gasteiger partial charge on any atom is -0.314 e. The van der Waals surface area contributed by atoms with Gasteiger partial charge >= 0.3 is 0 Å². The van der Waals surface area contributed by atoms with Gasteiger partial charge in [0, 0.05) is 18.8 Å². The standard InChI is InChI=1S/C15H23N2OP/c1-11-7-8-13(9-14(11)19)17(2)15(18)10-16-12-5-3-4-6-12/h7-9,12,16H,3-6,10,19H2,1-2H3. The summed E-state index contributed by atoms with van der Waals surface area (Å²) in [4.78, 5) is 13.9. The molecule has 3 nitrogen and oxygen atoms in total. The van der Waals surface area contributed by atoms with Gasteiger partial charge in [-0.1, -0.05) is 18.9 Å². The Kier molecular flexibility index (Phi) is 4.95. The Morgan fingerprint density at radius 1 is 1.42 bits per heavy atom. The van der Waals surface area contributed by atoms with Crippen molar-refractivity contribution in [2.24, 2.45) is 0 Å². The Balaban J connectivity index is 1.92. The fraction of sp³-hybridized carbons (Fsp3) is 0.533. The first-order chi connectivity index (χ1) is 9.08. The predicted octanol–water partition coefficient (Wildman–Crippen LogP) is 1.99. The summed E-state index contributed by atoms with van der Waals surface area (Å²) in [5.41, 5.74) is 2.17. The number of hydrogen-bond acceptors (Lipinski definition) is 2. The number of nitrogens with one attached hydrogen (secondary N) is 1. The van der Waals surface area contributed by atoms with Crippen molar-refractivity contribution >= 4 is 26.1 Å². The zero-order valence-electron chi connectivity index (χ0n) is 11.8. The maximum absolute atomic E-state index is 12.2. The average Bonchev–Trinajstić information content (AvgIpc) is 2.91. The number of hydrogen-bond donors (Lipinski definition) is 1. The smallest absolute Gasteiger partial charge is 0.240 e.